The summed E-state index contributed by atoms with van der Waals surface area (Å²) < 4.78 is 5.54. The molecule has 3 rings (SSSR count). The Morgan fingerprint density at radius 3 is 2.34 bits per heavy atom. The highest BCUT2D eigenvalue weighted by atomic mass is 16.5. The van der Waals surface area contributed by atoms with Crippen LogP contribution in [0.1, 0.15) is 61.0 Å². The third kappa shape index (κ3) is 6.32. The Labute approximate surface area is 193 Å². The molecule has 2 aliphatic heterocycles. The first kappa shape index (κ1) is 24.7. The summed E-state index contributed by atoms with van der Waals surface area (Å²) in [4.78, 5) is 30.5. The van der Waals surface area contributed by atoms with Crippen molar-refractivity contribution in [1.82, 2.24) is 15.1 Å². The van der Waals surface area contributed by atoms with Gasteiger partial charge in [-0.05, 0) is 44.7 Å². The Morgan fingerprint density at radius 2 is 1.72 bits per heavy atom. The van der Waals surface area contributed by atoms with E-state index < -0.39 is 0 Å². The number of amides is 2. The molecule has 2 heterocycles. The van der Waals surface area contributed by atoms with Crippen molar-refractivity contribution in [2.24, 2.45) is 11.8 Å². The molecule has 1 aromatic carbocycles. The highest BCUT2D eigenvalue weighted by Gasteiger charge is 2.31. The van der Waals surface area contributed by atoms with Crippen LogP contribution in [-0.2, 0) is 9.53 Å². The lowest BCUT2D eigenvalue weighted by atomic mass is 9.91. The van der Waals surface area contributed by atoms with E-state index in [0.29, 0.717) is 25.0 Å². The smallest absolute Gasteiger partial charge is 0.253 e. The van der Waals surface area contributed by atoms with Crippen molar-refractivity contribution in [2.45, 2.75) is 59.4 Å². The van der Waals surface area contributed by atoms with E-state index in [2.05, 4.69) is 30.1 Å². The number of hydrogen-bond acceptors (Lipinski definition) is 4. The average molecular weight is 444 g/mol. The second-order valence-electron chi connectivity index (χ2n) is 9.50. The van der Waals surface area contributed by atoms with Gasteiger partial charge < -0.3 is 15.0 Å². The van der Waals surface area contributed by atoms with Gasteiger partial charge in [0.2, 0.25) is 5.91 Å². The standard InChI is InChI=1S/C26H41N3O3/c1-5-21(6-2)24(28-10-12-32-13-11-28)17-27-25(30)22-8-7-9-29(18-22)26(31)23-15-19(3)14-20(4)16-23/h14-16,21-22,24H,5-13,17-18H2,1-4H3,(H,27,30). The number of hydrogen-bond donors (Lipinski definition) is 1. The zero-order valence-electron chi connectivity index (χ0n) is 20.4. The van der Waals surface area contributed by atoms with E-state index in [9.17, 15) is 9.59 Å². The summed E-state index contributed by atoms with van der Waals surface area (Å²) in [6.07, 6.45) is 3.93. The minimum absolute atomic E-state index is 0.0394. The first-order chi connectivity index (χ1) is 15.4. The molecule has 1 N–H and O–H groups in total. The van der Waals surface area contributed by atoms with Crippen LogP contribution in [-0.4, -0.2) is 73.6 Å². The summed E-state index contributed by atoms with van der Waals surface area (Å²) in [6, 6.07) is 6.31. The molecule has 6 nitrogen and oxygen atoms in total. The Morgan fingerprint density at radius 1 is 1.06 bits per heavy atom. The molecular formula is C26H41N3O3. The minimum atomic E-state index is -0.134. The van der Waals surface area contributed by atoms with Gasteiger partial charge in [0.05, 0.1) is 19.1 Å². The van der Waals surface area contributed by atoms with Crippen LogP contribution in [0.3, 0.4) is 0 Å². The number of carbonyl (C=O) groups excluding carboxylic acids is 2. The largest absolute Gasteiger partial charge is 0.379 e. The zero-order chi connectivity index (χ0) is 23.1. The van der Waals surface area contributed by atoms with E-state index in [1.165, 1.54) is 0 Å². The van der Waals surface area contributed by atoms with E-state index in [-0.39, 0.29) is 17.7 Å². The molecule has 2 fully saturated rings. The van der Waals surface area contributed by atoms with Crippen LogP contribution in [0.2, 0.25) is 0 Å². The van der Waals surface area contributed by atoms with Crippen molar-refractivity contribution >= 4 is 11.8 Å². The normalized spacial score (nSPS) is 20.9. The number of nitrogens with zero attached hydrogens (tertiary/aromatic N) is 2. The summed E-state index contributed by atoms with van der Waals surface area (Å²) >= 11 is 0. The van der Waals surface area contributed by atoms with E-state index in [1.807, 2.05) is 30.9 Å². The molecule has 178 valence electrons. The molecule has 2 atom stereocenters. The predicted octanol–water partition coefficient (Wildman–Crippen LogP) is 3.41. The van der Waals surface area contributed by atoms with Crippen molar-refractivity contribution in [3.8, 4) is 0 Å². The lowest BCUT2D eigenvalue weighted by Crippen LogP contribution is -2.53. The number of likely N-dealkylation sites (tertiary alicyclic amines) is 1. The third-order valence-electron chi connectivity index (χ3n) is 7.14. The predicted molar refractivity (Wildman–Crippen MR) is 128 cm³/mol. The quantitative estimate of drug-likeness (QED) is 0.669. The van der Waals surface area contributed by atoms with Crippen LogP contribution in [0.4, 0.5) is 0 Å². The fourth-order valence-corrected chi connectivity index (χ4v) is 5.34. The number of nitrogens with one attached hydrogen (secondary N) is 1. The molecule has 2 amide bonds. The van der Waals surface area contributed by atoms with Gasteiger partial charge in [0.15, 0.2) is 0 Å². The van der Waals surface area contributed by atoms with Crippen LogP contribution < -0.4 is 5.32 Å². The second kappa shape index (κ2) is 11.8. The number of rotatable bonds is 8. The summed E-state index contributed by atoms with van der Waals surface area (Å²) in [7, 11) is 0. The number of carbonyl (C=O) groups is 2. The lowest BCUT2D eigenvalue weighted by Gasteiger charge is -2.39. The molecule has 32 heavy (non-hydrogen) atoms. The van der Waals surface area contributed by atoms with Gasteiger partial charge in [-0.3, -0.25) is 14.5 Å². The maximum atomic E-state index is 13.1. The third-order valence-corrected chi connectivity index (χ3v) is 7.14. The molecule has 0 aromatic heterocycles. The maximum absolute atomic E-state index is 13.1. The molecule has 2 unspecified atom stereocenters. The summed E-state index contributed by atoms with van der Waals surface area (Å²) in [5.41, 5.74) is 2.91. The molecular weight excluding hydrogens is 402 g/mol. The van der Waals surface area contributed by atoms with E-state index in [1.54, 1.807) is 0 Å². The molecule has 2 saturated heterocycles. The van der Waals surface area contributed by atoms with Gasteiger partial charge >= 0.3 is 0 Å². The molecule has 0 aliphatic carbocycles. The summed E-state index contributed by atoms with van der Waals surface area (Å²) in [5.74, 6) is 0.553. The minimum Gasteiger partial charge on any atom is -0.379 e. The van der Waals surface area contributed by atoms with Crippen LogP contribution in [0.25, 0.3) is 0 Å². The second-order valence-corrected chi connectivity index (χ2v) is 9.50. The molecule has 0 bridgehead atoms. The average Bonchev–Trinajstić information content (AvgIpc) is 2.81. The highest BCUT2D eigenvalue weighted by Crippen LogP contribution is 2.22. The van der Waals surface area contributed by atoms with Crippen molar-refractivity contribution in [2.75, 3.05) is 45.9 Å². The lowest BCUT2D eigenvalue weighted by molar-refractivity contribution is -0.126. The number of benzene rings is 1. The fourth-order valence-electron chi connectivity index (χ4n) is 5.34. The first-order valence-electron chi connectivity index (χ1n) is 12.4. The number of piperidine rings is 1. The van der Waals surface area contributed by atoms with Gasteiger partial charge in [0, 0.05) is 44.3 Å². The number of aryl methyl sites for hydroxylation is 2. The summed E-state index contributed by atoms with van der Waals surface area (Å²) in [5, 5.41) is 3.26. The van der Waals surface area contributed by atoms with Gasteiger partial charge in [-0.1, -0.05) is 43.9 Å². The Bertz CT molecular complexity index is 751. The monoisotopic (exact) mass is 443 g/mol. The fraction of sp³-hybridized carbons (Fsp3) is 0.692. The Balaban J connectivity index is 1.60. The van der Waals surface area contributed by atoms with Crippen LogP contribution >= 0.6 is 0 Å². The van der Waals surface area contributed by atoms with Gasteiger partial charge in [0.25, 0.3) is 5.91 Å². The molecule has 6 heteroatoms. The van der Waals surface area contributed by atoms with E-state index >= 15 is 0 Å². The maximum Gasteiger partial charge on any atom is 0.253 e. The Kier molecular flexibility index (Phi) is 9.11. The molecule has 2 aliphatic rings. The molecule has 0 saturated carbocycles. The zero-order valence-corrected chi connectivity index (χ0v) is 20.4. The van der Waals surface area contributed by atoms with E-state index in [0.717, 1.165) is 75.2 Å². The van der Waals surface area contributed by atoms with Gasteiger partial charge in [-0.15, -0.1) is 0 Å². The van der Waals surface area contributed by atoms with Crippen molar-refractivity contribution in [1.29, 1.82) is 0 Å². The van der Waals surface area contributed by atoms with Gasteiger partial charge in [-0.2, -0.15) is 0 Å². The van der Waals surface area contributed by atoms with Gasteiger partial charge in [0.1, 0.15) is 0 Å². The van der Waals surface area contributed by atoms with Crippen molar-refractivity contribution in [3.63, 3.8) is 0 Å². The highest BCUT2D eigenvalue weighted by molar-refractivity contribution is 5.95. The van der Waals surface area contributed by atoms with E-state index in [4.69, 9.17) is 4.74 Å². The summed E-state index contributed by atoms with van der Waals surface area (Å²) in [6.45, 7) is 13.8. The SMILES string of the molecule is CCC(CC)C(CNC(=O)C1CCCN(C(=O)c2cc(C)cc(C)c2)C1)N1CCOCC1. The van der Waals surface area contributed by atoms with Crippen molar-refractivity contribution < 1.29 is 14.3 Å². The molecule has 0 radical (unpaired) electrons. The number of morpholine rings is 1. The van der Waals surface area contributed by atoms with Crippen LogP contribution in [0, 0.1) is 25.7 Å². The topological polar surface area (TPSA) is 61.9 Å². The van der Waals surface area contributed by atoms with Gasteiger partial charge in [-0.25, -0.2) is 0 Å². The first-order valence-corrected chi connectivity index (χ1v) is 12.4. The molecule has 0 spiro atoms. The van der Waals surface area contributed by atoms with Crippen LogP contribution in [0.5, 0.6) is 0 Å². The van der Waals surface area contributed by atoms with Crippen LogP contribution in [0.15, 0.2) is 18.2 Å². The molecule has 1 aromatic rings. The number of ether oxygens (including phenoxy) is 1. The Hall–Kier alpha value is -1.92. The van der Waals surface area contributed by atoms with Crippen molar-refractivity contribution in [3.05, 3.63) is 34.9 Å².